The molecule has 0 radical (unpaired) electrons. The number of likely N-dealkylation sites (N-methyl/N-ethyl adjacent to an activating group) is 1. The van der Waals surface area contributed by atoms with Crippen molar-refractivity contribution >= 4 is 23.8 Å². The first kappa shape index (κ1) is 30.5. The zero-order valence-corrected chi connectivity index (χ0v) is 25.2. The lowest BCUT2D eigenvalue weighted by Gasteiger charge is -2.21. The van der Waals surface area contributed by atoms with Gasteiger partial charge < -0.3 is 20.1 Å². The molecule has 1 saturated carbocycles. The Morgan fingerprint density at radius 3 is 2.30 bits per heavy atom. The zero-order valence-electron chi connectivity index (χ0n) is 25.2. The lowest BCUT2D eigenvalue weighted by atomic mass is 9.88. The highest BCUT2D eigenvalue weighted by Crippen LogP contribution is 2.47. The Kier molecular flexibility index (Phi) is 8.07. The van der Waals surface area contributed by atoms with Crippen molar-refractivity contribution in [2.75, 3.05) is 7.05 Å². The summed E-state index contributed by atoms with van der Waals surface area (Å²) >= 11 is 0. The third kappa shape index (κ3) is 6.36. The largest absolute Gasteiger partial charge is 0.484 e. The van der Waals surface area contributed by atoms with E-state index in [0.717, 1.165) is 16.7 Å². The second-order valence-corrected chi connectivity index (χ2v) is 12.1. The number of hydrogen-bond donors (Lipinski definition) is 4. The fourth-order valence-electron chi connectivity index (χ4n) is 5.21. The van der Waals surface area contributed by atoms with Crippen LogP contribution in [0.3, 0.4) is 0 Å². The van der Waals surface area contributed by atoms with E-state index in [-0.39, 0.29) is 11.7 Å². The van der Waals surface area contributed by atoms with Gasteiger partial charge in [0.2, 0.25) is 5.91 Å². The SMILES string of the molecule is CNC(=O)C1c2cc(-c3cc(C(=O)NC4(C(=O)NNC(=O)OC(C)(C)C)CC4)ccc3C)ccc2OC1c1ccc(F)cc1. The molecule has 0 bridgehead atoms. The van der Waals surface area contributed by atoms with Gasteiger partial charge in [0.05, 0.1) is 0 Å². The second-order valence-electron chi connectivity index (χ2n) is 12.1. The van der Waals surface area contributed by atoms with Gasteiger partial charge in [-0.1, -0.05) is 24.3 Å². The van der Waals surface area contributed by atoms with E-state index < -0.39 is 41.1 Å². The molecule has 2 unspecified atom stereocenters. The fraction of sp³-hybridized carbons (Fsp3) is 0.333. The smallest absolute Gasteiger partial charge is 0.426 e. The van der Waals surface area contributed by atoms with Gasteiger partial charge in [0.25, 0.3) is 11.8 Å². The minimum absolute atomic E-state index is 0.241. The zero-order chi connectivity index (χ0) is 31.8. The molecular formula is C33H35FN4O6. The molecule has 11 heteroatoms. The molecule has 1 aliphatic heterocycles. The molecule has 230 valence electrons. The van der Waals surface area contributed by atoms with Crippen molar-refractivity contribution < 1.29 is 33.0 Å². The average molecular weight is 603 g/mol. The van der Waals surface area contributed by atoms with Crippen LogP contribution < -0.4 is 26.2 Å². The summed E-state index contributed by atoms with van der Waals surface area (Å²) in [6.45, 7) is 7.02. The number of hydrazine groups is 1. The van der Waals surface area contributed by atoms with Crippen LogP contribution >= 0.6 is 0 Å². The van der Waals surface area contributed by atoms with Crippen LogP contribution in [0, 0.1) is 12.7 Å². The molecular weight excluding hydrogens is 567 g/mol. The lowest BCUT2D eigenvalue weighted by Crippen LogP contribution is -2.54. The molecule has 0 spiro atoms. The summed E-state index contributed by atoms with van der Waals surface area (Å²) in [7, 11) is 1.55. The van der Waals surface area contributed by atoms with E-state index in [0.29, 0.717) is 35.3 Å². The summed E-state index contributed by atoms with van der Waals surface area (Å²) in [5.41, 5.74) is 6.80. The van der Waals surface area contributed by atoms with Gasteiger partial charge in [-0.2, -0.15) is 0 Å². The minimum Gasteiger partial charge on any atom is -0.484 e. The van der Waals surface area contributed by atoms with E-state index in [4.69, 9.17) is 9.47 Å². The quantitative estimate of drug-likeness (QED) is 0.305. The number of amides is 4. The standard InChI is InChI=1S/C33H35FN4O6/c1-18-6-7-21(28(39)36-33(14-15-33)30(41)37-38-31(42)44-32(2,3)4)17-23(18)20-10-13-25-24(16-20)26(29(40)35-5)27(43-25)19-8-11-22(34)12-9-19/h6-13,16-17,26-27H,14-15H2,1-5H3,(H,35,40)(H,36,39)(H,37,41)(H,38,42). The number of aryl methyl sites for hydroxylation is 1. The van der Waals surface area contributed by atoms with Crippen LogP contribution in [-0.4, -0.2) is 42.0 Å². The Bertz CT molecular complexity index is 1630. The van der Waals surface area contributed by atoms with Crippen LogP contribution in [0.15, 0.2) is 60.7 Å². The van der Waals surface area contributed by atoms with Crippen molar-refractivity contribution in [2.45, 2.75) is 63.7 Å². The highest BCUT2D eigenvalue weighted by atomic mass is 19.1. The molecule has 4 amide bonds. The number of halogens is 1. The van der Waals surface area contributed by atoms with Gasteiger partial charge in [0.15, 0.2) is 0 Å². The molecule has 0 aromatic heterocycles. The summed E-state index contributed by atoms with van der Waals surface area (Å²) in [5, 5.41) is 5.52. The number of carbonyl (C=O) groups excluding carboxylic acids is 4. The number of carbonyl (C=O) groups is 4. The van der Waals surface area contributed by atoms with E-state index >= 15 is 0 Å². The molecule has 0 saturated heterocycles. The Hall–Kier alpha value is -4.93. The number of fused-ring (bicyclic) bond motifs is 1. The molecule has 3 aromatic carbocycles. The maximum atomic E-state index is 13.6. The van der Waals surface area contributed by atoms with Crippen molar-refractivity contribution in [2.24, 2.45) is 0 Å². The molecule has 44 heavy (non-hydrogen) atoms. The molecule has 3 aromatic rings. The number of nitrogens with one attached hydrogen (secondary N) is 4. The van der Waals surface area contributed by atoms with Crippen LogP contribution in [0.4, 0.5) is 9.18 Å². The van der Waals surface area contributed by atoms with E-state index in [1.165, 1.54) is 12.1 Å². The van der Waals surface area contributed by atoms with E-state index in [2.05, 4.69) is 21.5 Å². The van der Waals surface area contributed by atoms with Crippen LogP contribution in [0.5, 0.6) is 5.75 Å². The average Bonchev–Trinajstić information content (AvgIpc) is 3.66. The molecule has 2 aliphatic rings. The van der Waals surface area contributed by atoms with Gasteiger partial charge in [0, 0.05) is 18.2 Å². The number of hydrogen-bond acceptors (Lipinski definition) is 6. The Morgan fingerprint density at radius 2 is 1.66 bits per heavy atom. The molecule has 5 rings (SSSR count). The first-order valence-corrected chi connectivity index (χ1v) is 14.3. The molecule has 1 heterocycles. The third-order valence-corrected chi connectivity index (χ3v) is 7.65. The summed E-state index contributed by atoms with van der Waals surface area (Å²) < 4.78 is 24.9. The maximum Gasteiger partial charge on any atom is 0.426 e. The minimum atomic E-state index is -1.14. The molecule has 4 N–H and O–H groups in total. The van der Waals surface area contributed by atoms with Gasteiger partial charge in [-0.25, -0.2) is 14.6 Å². The topological polar surface area (TPSA) is 135 Å². The molecule has 10 nitrogen and oxygen atoms in total. The Balaban J connectivity index is 1.35. The summed E-state index contributed by atoms with van der Waals surface area (Å²) in [6.07, 6.45) is -0.608. The van der Waals surface area contributed by atoms with Crippen LogP contribution in [0.2, 0.25) is 0 Å². The normalized spacial score (nSPS) is 17.9. The van der Waals surface area contributed by atoms with Crippen LogP contribution in [0.1, 0.15) is 72.7 Å². The van der Waals surface area contributed by atoms with Crippen LogP contribution in [-0.2, 0) is 14.3 Å². The number of ether oxygens (including phenoxy) is 2. The fourth-order valence-corrected chi connectivity index (χ4v) is 5.21. The van der Waals surface area contributed by atoms with E-state index in [9.17, 15) is 23.6 Å². The molecule has 1 aliphatic carbocycles. The van der Waals surface area contributed by atoms with E-state index in [1.54, 1.807) is 58.2 Å². The summed E-state index contributed by atoms with van der Waals surface area (Å²) in [5.74, 6) is -1.74. The highest BCUT2D eigenvalue weighted by molar-refractivity contribution is 6.01. The summed E-state index contributed by atoms with van der Waals surface area (Å²) in [6, 6.07) is 16.6. The van der Waals surface area contributed by atoms with Crippen molar-refractivity contribution in [3.63, 3.8) is 0 Å². The molecule has 2 atom stereocenters. The van der Waals surface area contributed by atoms with Gasteiger partial charge in [-0.15, -0.1) is 0 Å². The van der Waals surface area contributed by atoms with Gasteiger partial charge in [0.1, 0.15) is 34.7 Å². The van der Waals surface area contributed by atoms with Crippen molar-refractivity contribution in [1.29, 1.82) is 0 Å². The van der Waals surface area contributed by atoms with Gasteiger partial charge >= 0.3 is 6.09 Å². The van der Waals surface area contributed by atoms with Gasteiger partial charge in [-0.3, -0.25) is 19.8 Å². The highest BCUT2D eigenvalue weighted by Gasteiger charge is 2.51. The maximum absolute atomic E-state index is 13.6. The monoisotopic (exact) mass is 602 g/mol. The first-order chi connectivity index (χ1) is 20.8. The Labute approximate surface area is 254 Å². The predicted octanol–water partition coefficient (Wildman–Crippen LogP) is 4.58. The summed E-state index contributed by atoms with van der Waals surface area (Å²) in [4.78, 5) is 51.1. The third-order valence-electron chi connectivity index (χ3n) is 7.65. The second kappa shape index (κ2) is 11.6. The van der Waals surface area contributed by atoms with Crippen molar-refractivity contribution in [3.8, 4) is 16.9 Å². The van der Waals surface area contributed by atoms with E-state index in [1.807, 2.05) is 25.1 Å². The predicted molar refractivity (Wildman–Crippen MR) is 160 cm³/mol. The number of rotatable bonds is 6. The number of benzene rings is 3. The van der Waals surface area contributed by atoms with Crippen LogP contribution in [0.25, 0.3) is 11.1 Å². The lowest BCUT2D eigenvalue weighted by molar-refractivity contribution is -0.125. The molecule has 1 fully saturated rings. The van der Waals surface area contributed by atoms with Gasteiger partial charge in [-0.05, 0) is 99.2 Å². The Morgan fingerprint density at radius 1 is 0.955 bits per heavy atom. The van der Waals surface area contributed by atoms with Crippen molar-refractivity contribution in [3.05, 3.63) is 88.7 Å². The first-order valence-electron chi connectivity index (χ1n) is 14.3. The van der Waals surface area contributed by atoms with Crippen molar-refractivity contribution in [1.82, 2.24) is 21.5 Å².